The molecule has 0 bridgehead atoms. The predicted octanol–water partition coefficient (Wildman–Crippen LogP) is 9.22. The third-order valence-corrected chi connectivity index (χ3v) is 6.58. The molecular weight excluding hydrogens is 390 g/mol. The Morgan fingerprint density at radius 1 is 0.625 bits per heavy atom. The number of unbranched alkanes of at least 4 members (excludes halogenated alkanes) is 16. The lowest BCUT2D eigenvalue weighted by molar-refractivity contribution is 0.0959. The van der Waals surface area contributed by atoms with E-state index in [4.69, 9.17) is 4.74 Å². The lowest BCUT2D eigenvalue weighted by atomic mass is 10.0. The number of benzene rings is 1. The highest BCUT2D eigenvalue weighted by Gasteiger charge is 2.07. The molecule has 1 atom stereocenters. The van der Waals surface area contributed by atoms with Gasteiger partial charge in [-0.1, -0.05) is 153 Å². The van der Waals surface area contributed by atoms with Crippen molar-refractivity contribution >= 4 is 0 Å². The summed E-state index contributed by atoms with van der Waals surface area (Å²) in [7, 11) is 0. The van der Waals surface area contributed by atoms with Crippen LogP contribution < -0.4 is 5.32 Å². The molecule has 0 aliphatic rings. The maximum absolute atomic E-state index is 5.96. The maximum Gasteiger partial charge on any atom is 0.0717 e. The molecule has 0 aliphatic carbocycles. The summed E-state index contributed by atoms with van der Waals surface area (Å²) in [6, 6.07) is 11.0. The summed E-state index contributed by atoms with van der Waals surface area (Å²) in [6.07, 6.45) is 25.6. The van der Waals surface area contributed by atoms with Gasteiger partial charge < -0.3 is 10.1 Å². The summed E-state index contributed by atoms with van der Waals surface area (Å²) in [6.45, 7) is 7.06. The molecule has 0 saturated carbocycles. The zero-order valence-corrected chi connectivity index (χ0v) is 21.7. The summed E-state index contributed by atoms with van der Waals surface area (Å²) in [5.41, 5.74) is 1.26. The van der Waals surface area contributed by atoms with Crippen LogP contribution >= 0.6 is 0 Å². The van der Waals surface area contributed by atoms with E-state index in [9.17, 15) is 0 Å². The van der Waals surface area contributed by atoms with Gasteiger partial charge in [0, 0.05) is 6.04 Å². The fourth-order valence-electron chi connectivity index (χ4n) is 4.54. The average molecular weight is 446 g/mol. The molecule has 32 heavy (non-hydrogen) atoms. The Bertz CT molecular complexity index is 475. The van der Waals surface area contributed by atoms with E-state index in [-0.39, 0.29) is 0 Å². The van der Waals surface area contributed by atoms with Crippen molar-refractivity contribution in [1.29, 1.82) is 0 Å². The molecule has 1 N–H and O–H groups in total. The Morgan fingerprint density at radius 3 is 1.56 bits per heavy atom. The molecule has 0 heterocycles. The topological polar surface area (TPSA) is 21.3 Å². The number of rotatable bonds is 24. The highest BCUT2D eigenvalue weighted by Crippen LogP contribution is 2.15. The summed E-state index contributed by atoms with van der Waals surface area (Å²) in [5.74, 6) is 0. The van der Waals surface area contributed by atoms with E-state index < -0.39 is 0 Å². The number of ether oxygens (including phenoxy) is 1. The molecule has 0 radical (unpaired) electrons. The van der Waals surface area contributed by atoms with Crippen molar-refractivity contribution in [2.45, 2.75) is 142 Å². The Hall–Kier alpha value is -0.860. The lowest BCUT2D eigenvalue weighted by Gasteiger charge is -2.18. The van der Waals surface area contributed by atoms with E-state index >= 15 is 0 Å². The van der Waals surface area contributed by atoms with Crippen molar-refractivity contribution in [2.75, 3.05) is 13.2 Å². The molecule has 186 valence electrons. The molecule has 2 heteroatoms. The van der Waals surface area contributed by atoms with Crippen LogP contribution in [0.5, 0.6) is 0 Å². The molecule has 1 aromatic carbocycles. The van der Waals surface area contributed by atoms with Gasteiger partial charge in [0.1, 0.15) is 0 Å². The first kappa shape index (κ1) is 29.2. The molecule has 0 aromatic heterocycles. The zero-order valence-electron chi connectivity index (χ0n) is 21.7. The molecule has 0 aliphatic heterocycles. The van der Waals surface area contributed by atoms with Crippen LogP contribution in [0.2, 0.25) is 0 Å². The standard InChI is InChI=1S/C30H55NO/c1-3-5-6-7-8-9-10-11-12-13-14-15-16-17-18-19-23-26-30(31-4-2)28-32-27-29-24-21-20-22-25-29/h20-22,24-25,30-31H,3-19,23,26-28H2,1-2H3. The number of hydrogen-bond donors (Lipinski definition) is 1. The van der Waals surface area contributed by atoms with Gasteiger partial charge in [0.2, 0.25) is 0 Å². The van der Waals surface area contributed by atoms with Gasteiger partial charge in [-0.25, -0.2) is 0 Å². The van der Waals surface area contributed by atoms with Gasteiger partial charge >= 0.3 is 0 Å². The molecule has 0 saturated heterocycles. The molecule has 1 unspecified atom stereocenters. The Balaban J connectivity index is 1.84. The van der Waals surface area contributed by atoms with Crippen molar-refractivity contribution < 1.29 is 4.74 Å². The molecule has 0 amide bonds. The van der Waals surface area contributed by atoms with E-state index in [0.29, 0.717) is 6.04 Å². The first-order valence-electron chi connectivity index (χ1n) is 14.2. The SMILES string of the molecule is CCCCCCCCCCCCCCCCCCCC(COCc1ccccc1)NCC. The first-order valence-corrected chi connectivity index (χ1v) is 14.2. The minimum Gasteiger partial charge on any atom is -0.375 e. The van der Waals surface area contributed by atoms with Crippen LogP contribution in [0.25, 0.3) is 0 Å². The fourth-order valence-corrected chi connectivity index (χ4v) is 4.54. The van der Waals surface area contributed by atoms with Crippen molar-refractivity contribution in [3.05, 3.63) is 35.9 Å². The summed E-state index contributed by atoms with van der Waals surface area (Å²) >= 11 is 0. The molecule has 0 fully saturated rings. The largest absolute Gasteiger partial charge is 0.375 e. The maximum atomic E-state index is 5.96. The highest BCUT2D eigenvalue weighted by molar-refractivity contribution is 5.13. The van der Waals surface area contributed by atoms with Gasteiger partial charge in [-0.05, 0) is 18.5 Å². The Kier molecular flexibility index (Phi) is 21.2. The Morgan fingerprint density at radius 2 is 1.09 bits per heavy atom. The minimum atomic E-state index is 0.500. The van der Waals surface area contributed by atoms with Crippen LogP contribution in [-0.2, 0) is 11.3 Å². The second-order valence-corrected chi connectivity index (χ2v) is 9.70. The van der Waals surface area contributed by atoms with Crippen LogP contribution in [0, 0.1) is 0 Å². The smallest absolute Gasteiger partial charge is 0.0717 e. The molecule has 0 spiro atoms. The second kappa shape index (κ2) is 23.3. The van der Waals surface area contributed by atoms with Crippen LogP contribution in [0.4, 0.5) is 0 Å². The number of likely N-dealkylation sites (N-methyl/N-ethyl adjacent to an activating group) is 1. The van der Waals surface area contributed by atoms with Crippen molar-refractivity contribution in [3.8, 4) is 0 Å². The second-order valence-electron chi connectivity index (χ2n) is 9.70. The third kappa shape index (κ3) is 18.7. The zero-order chi connectivity index (χ0) is 23.0. The van der Waals surface area contributed by atoms with Gasteiger partial charge in [0.25, 0.3) is 0 Å². The van der Waals surface area contributed by atoms with Gasteiger partial charge in [-0.2, -0.15) is 0 Å². The first-order chi connectivity index (χ1) is 15.9. The lowest BCUT2D eigenvalue weighted by Crippen LogP contribution is -2.33. The van der Waals surface area contributed by atoms with Gasteiger partial charge in [0.15, 0.2) is 0 Å². The van der Waals surface area contributed by atoms with E-state index in [1.807, 2.05) is 0 Å². The van der Waals surface area contributed by atoms with Crippen LogP contribution in [0.3, 0.4) is 0 Å². The van der Waals surface area contributed by atoms with Crippen LogP contribution in [-0.4, -0.2) is 19.2 Å². The Labute approximate surface area is 201 Å². The van der Waals surface area contributed by atoms with Crippen LogP contribution in [0.15, 0.2) is 30.3 Å². The third-order valence-electron chi connectivity index (χ3n) is 6.58. The highest BCUT2D eigenvalue weighted by atomic mass is 16.5. The number of hydrogen-bond acceptors (Lipinski definition) is 2. The predicted molar refractivity (Wildman–Crippen MR) is 142 cm³/mol. The summed E-state index contributed by atoms with van der Waals surface area (Å²) in [4.78, 5) is 0. The molecular formula is C30H55NO. The summed E-state index contributed by atoms with van der Waals surface area (Å²) < 4.78 is 5.96. The van der Waals surface area contributed by atoms with Crippen molar-refractivity contribution in [1.82, 2.24) is 5.32 Å². The number of nitrogens with one attached hydrogen (secondary N) is 1. The van der Waals surface area contributed by atoms with Crippen LogP contribution in [0.1, 0.15) is 135 Å². The van der Waals surface area contributed by atoms with Gasteiger partial charge in [0.05, 0.1) is 13.2 Å². The monoisotopic (exact) mass is 445 g/mol. The average Bonchev–Trinajstić information content (AvgIpc) is 2.81. The summed E-state index contributed by atoms with van der Waals surface area (Å²) in [5, 5.41) is 3.60. The van der Waals surface area contributed by atoms with Crippen molar-refractivity contribution in [2.24, 2.45) is 0 Å². The van der Waals surface area contributed by atoms with E-state index in [0.717, 1.165) is 19.8 Å². The molecule has 1 rings (SSSR count). The fraction of sp³-hybridized carbons (Fsp3) is 0.800. The normalized spacial score (nSPS) is 12.3. The van der Waals surface area contributed by atoms with Crippen molar-refractivity contribution in [3.63, 3.8) is 0 Å². The molecule has 1 aromatic rings. The molecule has 2 nitrogen and oxygen atoms in total. The van der Waals surface area contributed by atoms with Gasteiger partial charge in [-0.3, -0.25) is 0 Å². The van der Waals surface area contributed by atoms with E-state index in [1.54, 1.807) is 0 Å². The minimum absolute atomic E-state index is 0.500. The van der Waals surface area contributed by atoms with E-state index in [2.05, 4.69) is 49.5 Å². The quantitative estimate of drug-likeness (QED) is 0.160. The van der Waals surface area contributed by atoms with E-state index in [1.165, 1.54) is 121 Å². The van der Waals surface area contributed by atoms with Gasteiger partial charge in [-0.15, -0.1) is 0 Å².